The highest BCUT2D eigenvalue weighted by molar-refractivity contribution is 7.08. The van der Waals surface area contributed by atoms with E-state index < -0.39 is 5.60 Å². The lowest BCUT2D eigenvalue weighted by molar-refractivity contribution is 0.0524. The summed E-state index contributed by atoms with van der Waals surface area (Å²) < 4.78 is 10.8. The third-order valence-corrected chi connectivity index (χ3v) is 4.45. The molecule has 2 atom stereocenters. The zero-order valence-corrected chi connectivity index (χ0v) is 13.1. The molecule has 0 saturated carbocycles. The van der Waals surface area contributed by atoms with Crippen LogP contribution in [0.2, 0.25) is 0 Å². The van der Waals surface area contributed by atoms with E-state index in [0.717, 1.165) is 18.4 Å². The van der Waals surface area contributed by atoms with E-state index in [1.165, 1.54) is 17.7 Å². The fraction of sp³-hybridized carbons (Fsp3) is 0.467. The quantitative estimate of drug-likeness (QED) is 0.882. The third kappa shape index (κ3) is 3.06. The summed E-state index contributed by atoms with van der Waals surface area (Å²) >= 11 is 1.50. The van der Waals surface area contributed by atoms with Gasteiger partial charge in [-0.05, 0) is 42.2 Å². The molecule has 1 fully saturated rings. The average Bonchev–Trinajstić information content (AvgIpc) is 3.26. The Morgan fingerprint density at radius 1 is 1.64 bits per heavy atom. The number of rotatable bonds is 5. The van der Waals surface area contributed by atoms with Crippen LogP contribution in [0.1, 0.15) is 47.7 Å². The fourth-order valence-electron chi connectivity index (χ4n) is 2.45. The number of carbonyl (C=O) groups excluding carboxylic acids is 1. The number of thiophene rings is 1. The zero-order valence-electron chi connectivity index (χ0n) is 12.2. The van der Waals surface area contributed by atoms with Gasteiger partial charge in [0.1, 0.15) is 11.7 Å². The lowest BCUT2D eigenvalue weighted by Crippen LogP contribution is -2.38. The first kappa shape index (κ1) is 15.2. The summed E-state index contributed by atoms with van der Waals surface area (Å²) in [6, 6.07) is 1.84. The molecule has 1 aliphatic heterocycles. The standard InChI is InChI=1S/C15H18N2O4S/c1-15(19,10-4-6-22-7-10)8-16-14(18)12-13(21-9-17-12)11-3-2-5-20-11/h4,6-7,9,11,19H,2-3,5,8H2,1H3,(H,16,18). The summed E-state index contributed by atoms with van der Waals surface area (Å²) in [4.78, 5) is 16.3. The van der Waals surface area contributed by atoms with Gasteiger partial charge in [-0.1, -0.05) is 0 Å². The molecule has 0 radical (unpaired) electrons. The molecule has 6 nitrogen and oxygen atoms in total. The van der Waals surface area contributed by atoms with Crippen LogP contribution in [0.4, 0.5) is 0 Å². The van der Waals surface area contributed by atoms with E-state index in [-0.39, 0.29) is 24.2 Å². The molecule has 0 aliphatic carbocycles. The first-order chi connectivity index (χ1) is 10.6. The minimum atomic E-state index is -1.12. The molecule has 7 heteroatoms. The molecule has 0 aromatic carbocycles. The van der Waals surface area contributed by atoms with Crippen molar-refractivity contribution in [2.75, 3.05) is 13.2 Å². The molecule has 2 aromatic heterocycles. The highest BCUT2D eigenvalue weighted by atomic mass is 32.1. The number of hydrogen-bond acceptors (Lipinski definition) is 6. The molecule has 2 N–H and O–H groups in total. The molecular weight excluding hydrogens is 304 g/mol. The fourth-order valence-corrected chi connectivity index (χ4v) is 3.23. The van der Waals surface area contributed by atoms with Gasteiger partial charge in [-0.25, -0.2) is 4.98 Å². The van der Waals surface area contributed by atoms with Crippen molar-refractivity contribution in [1.29, 1.82) is 0 Å². The number of aliphatic hydroxyl groups is 1. The van der Waals surface area contributed by atoms with Crippen LogP contribution in [0.3, 0.4) is 0 Å². The van der Waals surface area contributed by atoms with Crippen molar-refractivity contribution in [2.45, 2.75) is 31.5 Å². The first-order valence-electron chi connectivity index (χ1n) is 7.16. The number of nitrogens with zero attached hydrogens (tertiary/aromatic N) is 1. The number of carbonyl (C=O) groups is 1. The van der Waals surface area contributed by atoms with Crippen molar-refractivity contribution in [2.24, 2.45) is 0 Å². The lowest BCUT2D eigenvalue weighted by Gasteiger charge is -2.22. The Balaban J connectivity index is 1.66. The maximum atomic E-state index is 12.3. The van der Waals surface area contributed by atoms with Gasteiger partial charge in [0.2, 0.25) is 0 Å². The monoisotopic (exact) mass is 322 g/mol. The van der Waals surface area contributed by atoms with Gasteiger partial charge in [0.05, 0.1) is 6.54 Å². The van der Waals surface area contributed by atoms with E-state index in [9.17, 15) is 9.90 Å². The number of hydrogen-bond donors (Lipinski definition) is 2. The maximum absolute atomic E-state index is 12.3. The summed E-state index contributed by atoms with van der Waals surface area (Å²) in [6.45, 7) is 2.43. The van der Waals surface area contributed by atoms with Crippen LogP contribution in [0.25, 0.3) is 0 Å². The van der Waals surface area contributed by atoms with Crippen molar-refractivity contribution in [3.05, 3.63) is 40.2 Å². The Labute approximate surface area is 132 Å². The molecule has 1 saturated heterocycles. The number of amides is 1. The number of nitrogens with one attached hydrogen (secondary N) is 1. The Kier molecular flexibility index (Phi) is 4.28. The van der Waals surface area contributed by atoms with Crippen molar-refractivity contribution in [3.63, 3.8) is 0 Å². The molecule has 0 bridgehead atoms. The molecule has 2 unspecified atom stereocenters. The van der Waals surface area contributed by atoms with Crippen molar-refractivity contribution in [3.8, 4) is 0 Å². The Morgan fingerprint density at radius 2 is 2.50 bits per heavy atom. The summed E-state index contributed by atoms with van der Waals surface area (Å²) in [5, 5.41) is 16.9. The summed E-state index contributed by atoms with van der Waals surface area (Å²) in [5.74, 6) is 0.0972. The maximum Gasteiger partial charge on any atom is 0.273 e. The Morgan fingerprint density at radius 3 is 3.18 bits per heavy atom. The second-order valence-electron chi connectivity index (χ2n) is 5.54. The molecule has 22 heavy (non-hydrogen) atoms. The highest BCUT2D eigenvalue weighted by Crippen LogP contribution is 2.30. The molecule has 1 aliphatic rings. The largest absolute Gasteiger partial charge is 0.445 e. The first-order valence-corrected chi connectivity index (χ1v) is 8.10. The van der Waals surface area contributed by atoms with Crippen LogP contribution >= 0.6 is 11.3 Å². The van der Waals surface area contributed by atoms with Gasteiger partial charge in [0, 0.05) is 6.61 Å². The number of aromatic nitrogens is 1. The van der Waals surface area contributed by atoms with Gasteiger partial charge in [0.15, 0.2) is 17.8 Å². The Hall–Kier alpha value is -1.70. The molecule has 3 heterocycles. The van der Waals surface area contributed by atoms with E-state index >= 15 is 0 Å². The van der Waals surface area contributed by atoms with Crippen LogP contribution in [-0.2, 0) is 10.3 Å². The minimum absolute atomic E-state index is 0.0976. The van der Waals surface area contributed by atoms with Crippen LogP contribution < -0.4 is 5.32 Å². The van der Waals surface area contributed by atoms with E-state index in [1.807, 2.05) is 16.8 Å². The van der Waals surface area contributed by atoms with Gasteiger partial charge in [-0.2, -0.15) is 11.3 Å². The van der Waals surface area contributed by atoms with Gasteiger partial charge in [-0.15, -0.1) is 0 Å². The molecule has 3 rings (SSSR count). The average molecular weight is 322 g/mol. The second-order valence-corrected chi connectivity index (χ2v) is 6.32. The summed E-state index contributed by atoms with van der Waals surface area (Å²) in [7, 11) is 0. The van der Waals surface area contributed by atoms with E-state index in [2.05, 4.69) is 10.3 Å². The number of oxazole rings is 1. The zero-order chi connectivity index (χ0) is 15.6. The molecular formula is C15H18N2O4S. The minimum Gasteiger partial charge on any atom is -0.445 e. The molecule has 2 aromatic rings. The summed E-state index contributed by atoms with van der Waals surface area (Å²) in [5.41, 5.74) is -0.117. The van der Waals surface area contributed by atoms with Gasteiger partial charge < -0.3 is 19.6 Å². The van der Waals surface area contributed by atoms with E-state index in [0.29, 0.717) is 12.4 Å². The normalized spacial score (nSPS) is 20.7. The van der Waals surface area contributed by atoms with Gasteiger partial charge in [0.25, 0.3) is 5.91 Å². The smallest absolute Gasteiger partial charge is 0.273 e. The van der Waals surface area contributed by atoms with Crippen LogP contribution in [-0.4, -0.2) is 29.1 Å². The van der Waals surface area contributed by atoms with Crippen molar-refractivity contribution in [1.82, 2.24) is 10.3 Å². The predicted molar refractivity (Wildman–Crippen MR) is 80.7 cm³/mol. The highest BCUT2D eigenvalue weighted by Gasteiger charge is 2.30. The van der Waals surface area contributed by atoms with Crippen molar-refractivity contribution < 1.29 is 19.1 Å². The molecule has 1 amide bonds. The Bertz CT molecular complexity index is 630. The van der Waals surface area contributed by atoms with E-state index in [4.69, 9.17) is 9.15 Å². The SMILES string of the molecule is CC(O)(CNC(=O)c1ncoc1C1CCCO1)c1ccsc1. The van der Waals surface area contributed by atoms with Crippen LogP contribution in [0.15, 0.2) is 27.6 Å². The molecule has 118 valence electrons. The third-order valence-electron chi connectivity index (χ3n) is 3.77. The predicted octanol–water partition coefficient (Wildman–Crippen LogP) is 2.23. The van der Waals surface area contributed by atoms with Crippen molar-refractivity contribution >= 4 is 17.2 Å². The summed E-state index contributed by atoms with van der Waals surface area (Å²) in [6.07, 6.45) is 2.81. The topological polar surface area (TPSA) is 84.6 Å². The molecule has 0 spiro atoms. The van der Waals surface area contributed by atoms with Crippen LogP contribution in [0.5, 0.6) is 0 Å². The van der Waals surface area contributed by atoms with Gasteiger partial charge >= 0.3 is 0 Å². The lowest BCUT2D eigenvalue weighted by atomic mass is 9.99. The van der Waals surface area contributed by atoms with Gasteiger partial charge in [-0.3, -0.25) is 4.79 Å². The number of ether oxygens (including phenoxy) is 1. The second kappa shape index (κ2) is 6.20. The van der Waals surface area contributed by atoms with E-state index in [1.54, 1.807) is 6.92 Å². The van der Waals surface area contributed by atoms with Crippen LogP contribution in [0, 0.1) is 0 Å².